The first-order valence-electron chi connectivity index (χ1n) is 6.38. The van der Waals surface area contributed by atoms with Crippen molar-refractivity contribution in [3.05, 3.63) is 23.0 Å². The first-order chi connectivity index (χ1) is 7.95. The lowest BCUT2D eigenvalue weighted by atomic mass is 10.2. The summed E-state index contributed by atoms with van der Waals surface area (Å²) in [4.78, 5) is 11.8. The van der Waals surface area contributed by atoms with Gasteiger partial charge in [-0.15, -0.1) is 0 Å². The molecule has 0 spiro atoms. The van der Waals surface area contributed by atoms with Crippen LogP contribution in [0, 0.1) is 20.8 Å². The lowest BCUT2D eigenvalue weighted by Crippen LogP contribution is -2.35. The van der Waals surface area contributed by atoms with E-state index < -0.39 is 0 Å². The molecule has 0 aliphatic heterocycles. The monoisotopic (exact) mass is 236 g/mol. The van der Waals surface area contributed by atoms with Gasteiger partial charge in [0.1, 0.15) is 6.54 Å². The molecule has 0 aromatic carbocycles. The van der Waals surface area contributed by atoms with Gasteiger partial charge in [-0.25, -0.2) is 0 Å². The molecule has 17 heavy (non-hydrogen) atoms. The number of nitrogens with zero attached hydrogens (tertiary/aromatic N) is 1. The van der Waals surface area contributed by atoms with Crippen LogP contribution in [-0.2, 0) is 11.3 Å². The van der Waals surface area contributed by atoms with E-state index >= 15 is 0 Å². The standard InChI is InChI=1S/C14H24N2O/c1-6-7-11(3)15-14(17)9-16-8-10(2)12(4)13(16)5/h8,11H,6-7,9H2,1-5H3,(H,15,17). The van der Waals surface area contributed by atoms with Gasteiger partial charge in [-0.1, -0.05) is 13.3 Å². The Morgan fingerprint density at radius 2 is 2.06 bits per heavy atom. The highest BCUT2D eigenvalue weighted by molar-refractivity contribution is 5.76. The molecule has 0 fully saturated rings. The Balaban J connectivity index is 2.59. The van der Waals surface area contributed by atoms with Crippen molar-refractivity contribution in [2.45, 2.75) is 60.0 Å². The Kier molecular flexibility index (Phi) is 4.79. The summed E-state index contributed by atoms with van der Waals surface area (Å²) in [5.74, 6) is 0.101. The number of aryl methyl sites for hydroxylation is 1. The van der Waals surface area contributed by atoms with Crippen LogP contribution in [0.5, 0.6) is 0 Å². The van der Waals surface area contributed by atoms with Crippen LogP contribution in [0.2, 0.25) is 0 Å². The summed E-state index contributed by atoms with van der Waals surface area (Å²) >= 11 is 0. The van der Waals surface area contributed by atoms with Crippen LogP contribution in [0.4, 0.5) is 0 Å². The zero-order valence-electron chi connectivity index (χ0n) is 11.6. The third-order valence-electron chi connectivity index (χ3n) is 3.36. The number of rotatable bonds is 5. The highest BCUT2D eigenvalue weighted by Gasteiger charge is 2.10. The lowest BCUT2D eigenvalue weighted by Gasteiger charge is -2.13. The summed E-state index contributed by atoms with van der Waals surface area (Å²) in [6, 6.07) is 0.269. The van der Waals surface area contributed by atoms with Gasteiger partial charge in [0.15, 0.2) is 0 Å². The first kappa shape index (κ1) is 13.8. The quantitative estimate of drug-likeness (QED) is 0.838. The predicted molar refractivity (Wildman–Crippen MR) is 71.2 cm³/mol. The largest absolute Gasteiger partial charge is 0.352 e. The number of carbonyl (C=O) groups is 1. The van der Waals surface area contributed by atoms with E-state index in [0.29, 0.717) is 6.54 Å². The Bertz CT molecular complexity index is 393. The molecule has 96 valence electrons. The van der Waals surface area contributed by atoms with E-state index in [1.54, 1.807) is 0 Å². The Hall–Kier alpha value is -1.25. The fraction of sp³-hybridized carbons (Fsp3) is 0.643. The van der Waals surface area contributed by atoms with E-state index in [0.717, 1.165) is 12.8 Å². The molecule has 1 rings (SSSR count). The summed E-state index contributed by atoms with van der Waals surface area (Å²) in [6.07, 6.45) is 4.19. The molecule has 0 saturated carbocycles. The minimum atomic E-state index is 0.101. The zero-order chi connectivity index (χ0) is 13.0. The number of carbonyl (C=O) groups excluding carboxylic acids is 1. The molecule has 3 nitrogen and oxygen atoms in total. The van der Waals surface area contributed by atoms with Crippen molar-refractivity contribution in [3.8, 4) is 0 Å². The molecule has 0 aliphatic rings. The SMILES string of the molecule is CCCC(C)NC(=O)Cn1cc(C)c(C)c1C. The first-order valence-corrected chi connectivity index (χ1v) is 6.38. The van der Waals surface area contributed by atoms with E-state index in [1.807, 2.05) is 4.57 Å². The van der Waals surface area contributed by atoms with Gasteiger partial charge in [0.25, 0.3) is 0 Å². The van der Waals surface area contributed by atoms with Crippen molar-refractivity contribution < 1.29 is 4.79 Å². The topological polar surface area (TPSA) is 34.0 Å². The molecule has 1 aromatic rings. The van der Waals surface area contributed by atoms with Gasteiger partial charge in [-0.3, -0.25) is 4.79 Å². The van der Waals surface area contributed by atoms with Gasteiger partial charge in [0, 0.05) is 17.9 Å². The normalized spacial score (nSPS) is 12.5. The van der Waals surface area contributed by atoms with Crippen molar-refractivity contribution in [3.63, 3.8) is 0 Å². The van der Waals surface area contributed by atoms with Crippen molar-refractivity contribution >= 4 is 5.91 Å². The molecule has 3 heteroatoms. The number of aromatic nitrogens is 1. The van der Waals surface area contributed by atoms with E-state index in [2.05, 4.69) is 46.1 Å². The molecule has 1 heterocycles. The molecule has 1 amide bonds. The highest BCUT2D eigenvalue weighted by atomic mass is 16.2. The number of hydrogen-bond acceptors (Lipinski definition) is 1. The second kappa shape index (κ2) is 5.89. The Morgan fingerprint density at radius 1 is 1.41 bits per heavy atom. The second-order valence-corrected chi connectivity index (χ2v) is 4.91. The van der Waals surface area contributed by atoms with Crippen LogP contribution >= 0.6 is 0 Å². The minimum absolute atomic E-state index is 0.101. The average molecular weight is 236 g/mol. The smallest absolute Gasteiger partial charge is 0.240 e. The van der Waals surface area contributed by atoms with Crippen molar-refractivity contribution in [2.24, 2.45) is 0 Å². The van der Waals surface area contributed by atoms with Crippen LogP contribution in [-0.4, -0.2) is 16.5 Å². The molecular weight excluding hydrogens is 212 g/mol. The minimum Gasteiger partial charge on any atom is -0.352 e. The summed E-state index contributed by atoms with van der Waals surface area (Å²) in [6.45, 7) is 10.8. The molecule has 1 aromatic heterocycles. The van der Waals surface area contributed by atoms with E-state index in [4.69, 9.17) is 0 Å². The maximum absolute atomic E-state index is 11.8. The molecule has 1 atom stereocenters. The average Bonchev–Trinajstić information content (AvgIpc) is 2.46. The van der Waals surface area contributed by atoms with Crippen LogP contribution in [0.25, 0.3) is 0 Å². The zero-order valence-corrected chi connectivity index (χ0v) is 11.6. The second-order valence-electron chi connectivity index (χ2n) is 4.91. The molecule has 0 bridgehead atoms. The maximum Gasteiger partial charge on any atom is 0.240 e. The lowest BCUT2D eigenvalue weighted by molar-refractivity contribution is -0.122. The summed E-state index contributed by atoms with van der Waals surface area (Å²) in [7, 11) is 0. The highest BCUT2D eigenvalue weighted by Crippen LogP contribution is 2.14. The maximum atomic E-state index is 11.8. The Morgan fingerprint density at radius 3 is 2.53 bits per heavy atom. The molecule has 1 N–H and O–H groups in total. The van der Waals surface area contributed by atoms with Crippen molar-refractivity contribution in [1.29, 1.82) is 0 Å². The predicted octanol–water partition coefficient (Wildman–Crippen LogP) is 2.72. The third kappa shape index (κ3) is 3.62. The van der Waals surface area contributed by atoms with E-state index in [1.165, 1.54) is 16.8 Å². The fourth-order valence-electron chi connectivity index (χ4n) is 2.07. The number of nitrogens with one attached hydrogen (secondary N) is 1. The number of amides is 1. The van der Waals surface area contributed by atoms with E-state index in [9.17, 15) is 4.79 Å². The number of hydrogen-bond donors (Lipinski definition) is 1. The summed E-state index contributed by atoms with van der Waals surface area (Å²) in [5.41, 5.74) is 3.71. The van der Waals surface area contributed by atoms with Gasteiger partial charge in [0.2, 0.25) is 5.91 Å². The van der Waals surface area contributed by atoms with Gasteiger partial charge in [-0.05, 0) is 45.2 Å². The van der Waals surface area contributed by atoms with Crippen molar-refractivity contribution in [1.82, 2.24) is 9.88 Å². The molecule has 0 saturated heterocycles. The van der Waals surface area contributed by atoms with Crippen LogP contribution in [0.1, 0.15) is 43.5 Å². The molecule has 0 aliphatic carbocycles. The van der Waals surface area contributed by atoms with Gasteiger partial charge in [-0.2, -0.15) is 0 Å². The Labute approximate surface area is 104 Å². The molecular formula is C14H24N2O. The fourth-order valence-corrected chi connectivity index (χ4v) is 2.07. The van der Waals surface area contributed by atoms with Gasteiger partial charge < -0.3 is 9.88 Å². The summed E-state index contributed by atoms with van der Waals surface area (Å²) in [5, 5.41) is 3.03. The van der Waals surface area contributed by atoms with Crippen molar-refractivity contribution in [2.75, 3.05) is 0 Å². The van der Waals surface area contributed by atoms with Crippen LogP contribution in [0.15, 0.2) is 6.20 Å². The van der Waals surface area contributed by atoms with Gasteiger partial charge in [0.05, 0.1) is 0 Å². The van der Waals surface area contributed by atoms with Gasteiger partial charge >= 0.3 is 0 Å². The van der Waals surface area contributed by atoms with Crippen LogP contribution in [0.3, 0.4) is 0 Å². The van der Waals surface area contributed by atoms with E-state index in [-0.39, 0.29) is 11.9 Å². The third-order valence-corrected chi connectivity index (χ3v) is 3.36. The molecule has 0 radical (unpaired) electrons. The summed E-state index contributed by atoms with van der Waals surface area (Å²) < 4.78 is 2.03. The van der Waals surface area contributed by atoms with Crippen LogP contribution < -0.4 is 5.32 Å². The molecule has 1 unspecified atom stereocenters.